The number of rotatable bonds is 4. The molecule has 0 radical (unpaired) electrons. The lowest BCUT2D eigenvalue weighted by atomic mass is 9.93. The third-order valence-corrected chi connectivity index (χ3v) is 2.58. The van der Waals surface area contributed by atoms with Crippen LogP contribution >= 0.6 is 0 Å². The van der Waals surface area contributed by atoms with Gasteiger partial charge in [-0.1, -0.05) is 18.2 Å². The summed E-state index contributed by atoms with van der Waals surface area (Å²) in [4.78, 5) is 1.84. The summed E-state index contributed by atoms with van der Waals surface area (Å²) in [5, 5.41) is 0. The van der Waals surface area contributed by atoms with Crippen molar-refractivity contribution >= 4 is 0 Å². The zero-order chi connectivity index (χ0) is 13.1. The van der Waals surface area contributed by atoms with E-state index in [1.54, 1.807) is 6.07 Å². The molecule has 1 rings (SSSR count). The summed E-state index contributed by atoms with van der Waals surface area (Å²) >= 11 is 0. The largest absolute Gasteiger partial charge is 0.416 e. The fourth-order valence-corrected chi connectivity index (χ4v) is 1.85. The first-order valence-corrected chi connectivity index (χ1v) is 5.37. The molecule has 0 aliphatic carbocycles. The molecule has 0 fully saturated rings. The van der Waals surface area contributed by atoms with Crippen LogP contribution in [0.25, 0.3) is 0 Å². The standard InChI is InChI=1S/C12H17F3N2/c1-17(2)8-9(7-16)10-5-3-4-6-11(10)12(13,14)15/h3-6,9H,7-8,16H2,1-2H3. The Kier molecular flexibility index (Phi) is 4.54. The number of benzene rings is 1. The van der Waals surface area contributed by atoms with Crippen molar-refractivity contribution in [1.82, 2.24) is 4.90 Å². The van der Waals surface area contributed by atoms with Gasteiger partial charge < -0.3 is 10.6 Å². The van der Waals surface area contributed by atoms with Gasteiger partial charge in [0.25, 0.3) is 0 Å². The maximum absolute atomic E-state index is 12.8. The Morgan fingerprint density at radius 2 is 1.82 bits per heavy atom. The van der Waals surface area contributed by atoms with Crippen LogP contribution in [0, 0.1) is 0 Å². The van der Waals surface area contributed by atoms with Gasteiger partial charge in [0.2, 0.25) is 0 Å². The van der Waals surface area contributed by atoms with E-state index in [4.69, 9.17) is 5.73 Å². The maximum Gasteiger partial charge on any atom is 0.416 e. The fraction of sp³-hybridized carbons (Fsp3) is 0.500. The van der Waals surface area contributed by atoms with Crippen molar-refractivity contribution in [3.63, 3.8) is 0 Å². The molecule has 17 heavy (non-hydrogen) atoms. The Bertz CT molecular complexity index is 361. The Morgan fingerprint density at radius 1 is 1.24 bits per heavy atom. The highest BCUT2D eigenvalue weighted by atomic mass is 19.4. The molecule has 0 aliphatic heterocycles. The van der Waals surface area contributed by atoms with Gasteiger partial charge in [0.15, 0.2) is 0 Å². The zero-order valence-electron chi connectivity index (χ0n) is 9.96. The van der Waals surface area contributed by atoms with Gasteiger partial charge in [0, 0.05) is 19.0 Å². The summed E-state index contributed by atoms with van der Waals surface area (Å²) in [6.45, 7) is 0.703. The molecule has 1 atom stereocenters. The van der Waals surface area contributed by atoms with Crippen LogP contribution in [0.15, 0.2) is 24.3 Å². The van der Waals surface area contributed by atoms with Crippen LogP contribution in [-0.4, -0.2) is 32.1 Å². The lowest BCUT2D eigenvalue weighted by Crippen LogP contribution is -2.27. The number of hydrogen-bond acceptors (Lipinski definition) is 2. The molecule has 0 spiro atoms. The van der Waals surface area contributed by atoms with Gasteiger partial charge in [-0.05, 0) is 25.7 Å². The fourth-order valence-electron chi connectivity index (χ4n) is 1.85. The molecule has 0 aliphatic rings. The summed E-state index contributed by atoms with van der Waals surface area (Å²) in [6.07, 6.45) is -4.32. The van der Waals surface area contributed by atoms with E-state index in [0.29, 0.717) is 6.54 Å². The van der Waals surface area contributed by atoms with Crippen molar-refractivity contribution in [2.45, 2.75) is 12.1 Å². The molecule has 0 saturated heterocycles. The first kappa shape index (κ1) is 14.0. The predicted octanol–water partition coefficient (Wildman–Crippen LogP) is 2.31. The highest BCUT2D eigenvalue weighted by Crippen LogP contribution is 2.34. The van der Waals surface area contributed by atoms with Crippen molar-refractivity contribution in [3.05, 3.63) is 35.4 Å². The molecule has 2 nitrogen and oxygen atoms in total. The molecule has 2 N–H and O–H groups in total. The highest BCUT2D eigenvalue weighted by molar-refractivity contribution is 5.33. The quantitative estimate of drug-likeness (QED) is 0.883. The third kappa shape index (κ3) is 3.71. The molecule has 0 bridgehead atoms. The summed E-state index contributed by atoms with van der Waals surface area (Å²) in [7, 11) is 3.64. The van der Waals surface area contributed by atoms with Gasteiger partial charge in [-0.2, -0.15) is 13.2 Å². The second-order valence-corrected chi connectivity index (χ2v) is 4.28. The number of nitrogens with zero attached hydrogens (tertiary/aromatic N) is 1. The van der Waals surface area contributed by atoms with Crippen molar-refractivity contribution in [1.29, 1.82) is 0 Å². The first-order valence-electron chi connectivity index (χ1n) is 5.37. The number of alkyl halides is 3. The van der Waals surface area contributed by atoms with Crippen LogP contribution in [0.5, 0.6) is 0 Å². The van der Waals surface area contributed by atoms with Crippen LogP contribution in [0.4, 0.5) is 13.2 Å². The molecule has 1 aromatic carbocycles. The van der Waals surface area contributed by atoms with Crippen LogP contribution in [0.3, 0.4) is 0 Å². The molecule has 96 valence electrons. The summed E-state index contributed by atoms with van der Waals surface area (Å²) in [5.74, 6) is -0.303. The average molecular weight is 246 g/mol. The Labute approximate surface area is 99.2 Å². The summed E-state index contributed by atoms with van der Waals surface area (Å²) < 4.78 is 38.5. The number of halogens is 3. The minimum absolute atomic E-state index is 0.200. The molecule has 1 aromatic rings. The molecule has 5 heteroatoms. The summed E-state index contributed by atoms with van der Waals surface area (Å²) in [6, 6.07) is 5.62. The third-order valence-electron chi connectivity index (χ3n) is 2.58. The van der Waals surface area contributed by atoms with Crippen LogP contribution < -0.4 is 5.73 Å². The first-order chi connectivity index (χ1) is 7.86. The second-order valence-electron chi connectivity index (χ2n) is 4.28. The second kappa shape index (κ2) is 5.51. The normalized spacial score (nSPS) is 14.1. The van der Waals surface area contributed by atoms with Crippen molar-refractivity contribution < 1.29 is 13.2 Å². The SMILES string of the molecule is CN(C)CC(CN)c1ccccc1C(F)(F)F. The monoisotopic (exact) mass is 246 g/mol. The lowest BCUT2D eigenvalue weighted by molar-refractivity contribution is -0.138. The van der Waals surface area contributed by atoms with Crippen LogP contribution in [0.2, 0.25) is 0 Å². The van der Waals surface area contributed by atoms with E-state index < -0.39 is 11.7 Å². The number of likely N-dealkylation sites (N-methyl/N-ethyl adjacent to an activating group) is 1. The lowest BCUT2D eigenvalue weighted by Gasteiger charge is -2.23. The molecular formula is C12H17F3N2. The Balaban J connectivity index is 3.11. The zero-order valence-corrected chi connectivity index (χ0v) is 9.96. The smallest absolute Gasteiger partial charge is 0.330 e. The van der Waals surface area contributed by atoms with Gasteiger partial charge in [0.1, 0.15) is 0 Å². The van der Waals surface area contributed by atoms with Gasteiger partial charge >= 0.3 is 6.18 Å². The van der Waals surface area contributed by atoms with E-state index in [0.717, 1.165) is 6.07 Å². The predicted molar refractivity (Wildman–Crippen MR) is 61.8 cm³/mol. The van der Waals surface area contributed by atoms with E-state index >= 15 is 0 Å². The topological polar surface area (TPSA) is 29.3 Å². The minimum atomic E-state index is -4.32. The average Bonchev–Trinajstić information content (AvgIpc) is 2.24. The summed E-state index contributed by atoms with van der Waals surface area (Å²) in [5.41, 5.74) is 5.26. The van der Waals surface area contributed by atoms with Gasteiger partial charge in [-0.3, -0.25) is 0 Å². The van der Waals surface area contributed by atoms with Crippen molar-refractivity contribution in [2.75, 3.05) is 27.2 Å². The molecule has 0 amide bonds. The Morgan fingerprint density at radius 3 is 2.29 bits per heavy atom. The molecule has 1 unspecified atom stereocenters. The van der Waals surface area contributed by atoms with E-state index in [2.05, 4.69) is 0 Å². The Hall–Kier alpha value is -1.07. The number of nitrogens with two attached hydrogens (primary N) is 1. The van der Waals surface area contributed by atoms with Crippen LogP contribution in [0.1, 0.15) is 17.0 Å². The van der Waals surface area contributed by atoms with E-state index in [1.165, 1.54) is 12.1 Å². The molecular weight excluding hydrogens is 229 g/mol. The van der Waals surface area contributed by atoms with E-state index in [1.807, 2.05) is 19.0 Å². The molecule has 0 aromatic heterocycles. The van der Waals surface area contributed by atoms with E-state index in [-0.39, 0.29) is 18.0 Å². The van der Waals surface area contributed by atoms with Crippen LogP contribution in [-0.2, 0) is 6.18 Å². The maximum atomic E-state index is 12.8. The number of hydrogen-bond donors (Lipinski definition) is 1. The minimum Gasteiger partial charge on any atom is -0.330 e. The molecule has 0 saturated carbocycles. The van der Waals surface area contributed by atoms with Gasteiger partial charge in [-0.25, -0.2) is 0 Å². The van der Waals surface area contributed by atoms with E-state index in [9.17, 15) is 13.2 Å². The highest BCUT2D eigenvalue weighted by Gasteiger charge is 2.34. The van der Waals surface area contributed by atoms with Crippen molar-refractivity contribution in [3.8, 4) is 0 Å². The van der Waals surface area contributed by atoms with Crippen molar-refractivity contribution in [2.24, 2.45) is 5.73 Å². The van der Waals surface area contributed by atoms with Gasteiger partial charge in [0.05, 0.1) is 5.56 Å². The van der Waals surface area contributed by atoms with Gasteiger partial charge in [-0.15, -0.1) is 0 Å². The molecule has 0 heterocycles.